The van der Waals surface area contributed by atoms with Crippen LogP contribution < -0.4 is 0 Å². The molecule has 0 spiro atoms. The summed E-state index contributed by atoms with van der Waals surface area (Å²) in [4.78, 5) is 26.2. The highest BCUT2D eigenvalue weighted by Gasteiger charge is 2.40. The number of ether oxygens (including phenoxy) is 2. The number of hydrogen-bond acceptors (Lipinski definition) is 4. The van der Waals surface area contributed by atoms with E-state index in [-0.39, 0.29) is 6.04 Å². The normalized spacial score (nSPS) is 20.3. The Morgan fingerprint density at radius 2 is 1.96 bits per heavy atom. The number of carbonyl (C=O) groups excluding carboxylic acids is 2. The maximum atomic E-state index is 12.3. The van der Waals surface area contributed by atoms with Gasteiger partial charge in [-0.15, -0.1) is 12.3 Å². The summed E-state index contributed by atoms with van der Waals surface area (Å²) in [5.41, 5.74) is -0.107. The van der Waals surface area contributed by atoms with E-state index in [1.54, 1.807) is 29.2 Å². The van der Waals surface area contributed by atoms with Crippen molar-refractivity contribution in [2.24, 2.45) is 0 Å². The third-order valence-electron chi connectivity index (χ3n) is 3.71. The Kier molecular flexibility index (Phi) is 5.50. The fourth-order valence-corrected chi connectivity index (χ4v) is 2.65. The molecule has 2 atom stereocenters. The summed E-state index contributed by atoms with van der Waals surface area (Å²) in [5, 5.41) is 0. The lowest BCUT2D eigenvalue weighted by molar-refractivity contribution is 0.00447. The number of amides is 1. The summed E-state index contributed by atoms with van der Waals surface area (Å²) < 4.78 is 11.0. The molecule has 1 aromatic rings. The molecule has 0 N–H and O–H groups in total. The Morgan fingerprint density at radius 1 is 1.29 bits per heavy atom. The van der Waals surface area contributed by atoms with Crippen molar-refractivity contribution in [3.05, 3.63) is 35.9 Å². The quantitative estimate of drug-likeness (QED) is 0.631. The van der Waals surface area contributed by atoms with Crippen LogP contribution in [0.5, 0.6) is 0 Å². The summed E-state index contributed by atoms with van der Waals surface area (Å²) in [6.45, 7) is 5.88. The van der Waals surface area contributed by atoms with Gasteiger partial charge in [0.1, 0.15) is 11.7 Å². The molecule has 0 radical (unpaired) electrons. The van der Waals surface area contributed by atoms with Crippen LogP contribution in [-0.2, 0) is 9.47 Å². The van der Waals surface area contributed by atoms with E-state index in [0.717, 1.165) is 0 Å². The number of esters is 1. The number of benzene rings is 1. The van der Waals surface area contributed by atoms with Gasteiger partial charge in [-0.25, -0.2) is 9.59 Å². The van der Waals surface area contributed by atoms with Crippen molar-refractivity contribution in [3.63, 3.8) is 0 Å². The van der Waals surface area contributed by atoms with E-state index < -0.39 is 23.8 Å². The van der Waals surface area contributed by atoms with E-state index in [2.05, 4.69) is 5.92 Å². The Balaban J connectivity index is 2.07. The highest BCUT2D eigenvalue weighted by Crippen LogP contribution is 2.26. The van der Waals surface area contributed by atoms with Crippen molar-refractivity contribution >= 4 is 12.1 Å². The summed E-state index contributed by atoms with van der Waals surface area (Å²) >= 11 is 0. The first-order chi connectivity index (χ1) is 11.3. The van der Waals surface area contributed by atoms with Crippen LogP contribution in [-0.4, -0.2) is 41.3 Å². The van der Waals surface area contributed by atoms with E-state index in [9.17, 15) is 9.59 Å². The molecule has 1 heterocycles. The van der Waals surface area contributed by atoms with Gasteiger partial charge in [-0.2, -0.15) is 0 Å². The third-order valence-corrected chi connectivity index (χ3v) is 3.71. The van der Waals surface area contributed by atoms with E-state index in [0.29, 0.717) is 24.9 Å². The van der Waals surface area contributed by atoms with Crippen LogP contribution in [0.3, 0.4) is 0 Å². The van der Waals surface area contributed by atoms with Gasteiger partial charge in [0.25, 0.3) is 0 Å². The third kappa shape index (κ3) is 4.51. The zero-order valence-corrected chi connectivity index (χ0v) is 14.3. The molecule has 128 valence electrons. The first-order valence-electron chi connectivity index (χ1n) is 8.01. The van der Waals surface area contributed by atoms with Crippen LogP contribution >= 0.6 is 0 Å². The number of likely N-dealkylation sites (tertiary alicyclic amines) is 1. The number of terminal acetylenes is 1. The van der Waals surface area contributed by atoms with Crippen LogP contribution in [0, 0.1) is 12.3 Å². The zero-order valence-electron chi connectivity index (χ0n) is 14.3. The largest absolute Gasteiger partial charge is 0.456 e. The van der Waals surface area contributed by atoms with Crippen LogP contribution in [0.15, 0.2) is 30.3 Å². The zero-order chi connectivity index (χ0) is 17.7. The lowest BCUT2D eigenvalue weighted by Gasteiger charge is -2.29. The molecule has 0 aliphatic carbocycles. The van der Waals surface area contributed by atoms with Crippen molar-refractivity contribution in [1.82, 2.24) is 4.90 Å². The average molecular weight is 329 g/mol. The fraction of sp³-hybridized carbons (Fsp3) is 0.474. The van der Waals surface area contributed by atoms with Gasteiger partial charge >= 0.3 is 12.1 Å². The van der Waals surface area contributed by atoms with E-state index in [1.165, 1.54) is 0 Å². The molecule has 2 rings (SSSR count). The number of hydrogen-bond donors (Lipinski definition) is 0. The van der Waals surface area contributed by atoms with Crippen molar-refractivity contribution in [1.29, 1.82) is 0 Å². The van der Waals surface area contributed by atoms with Crippen molar-refractivity contribution in [2.45, 2.75) is 51.4 Å². The van der Waals surface area contributed by atoms with Gasteiger partial charge in [0.2, 0.25) is 0 Å². The Hall–Kier alpha value is -2.48. The molecule has 1 fully saturated rings. The van der Waals surface area contributed by atoms with Crippen LogP contribution in [0.1, 0.15) is 44.0 Å². The van der Waals surface area contributed by atoms with Gasteiger partial charge in [0, 0.05) is 19.4 Å². The van der Waals surface area contributed by atoms with Crippen LogP contribution in [0.25, 0.3) is 0 Å². The smallest absolute Gasteiger partial charge is 0.410 e. The molecule has 0 saturated carbocycles. The molecule has 1 amide bonds. The monoisotopic (exact) mass is 329 g/mol. The molecule has 5 nitrogen and oxygen atoms in total. The maximum Gasteiger partial charge on any atom is 0.410 e. The van der Waals surface area contributed by atoms with Gasteiger partial charge in [0.05, 0.1) is 11.6 Å². The van der Waals surface area contributed by atoms with E-state index >= 15 is 0 Å². The first kappa shape index (κ1) is 17.9. The molecule has 0 aromatic heterocycles. The standard InChI is InChI=1S/C19H23NO4/c1-5-9-15-16(23-17(21)14-10-7-6-8-11-14)12-13-20(15)18(22)24-19(2,3)4/h1,6-8,10-11,15-16H,9,12-13H2,2-4H3/t15-,16-/m1/s1. The molecule has 1 aliphatic heterocycles. The van der Waals surface area contributed by atoms with Crippen LogP contribution in [0.4, 0.5) is 4.79 Å². The number of nitrogens with zero attached hydrogens (tertiary/aromatic N) is 1. The molecular formula is C19H23NO4. The summed E-state index contributed by atoms with van der Waals surface area (Å²) in [6.07, 6.45) is 5.43. The Morgan fingerprint density at radius 3 is 2.54 bits per heavy atom. The van der Waals surface area contributed by atoms with Crippen molar-refractivity contribution in [2.75, 3.05) is 6.54 Å². The second kappa shape index (κ2) is 7.39. The van der Waals surface area contributed by atoms with Gasteiger partial charge in [0.15, 0.2) is 0 Å². The van der Waals surface area contributed by atoms with E-state index in [1.807, 2.05) is 26.8 Å². The molecule has 1 saturated heterocycles. The lowest BCUT2D eigenvalue weighted by atomic mass is 10.1. The van der Waals surface area contributed by atoms with Crippen molar-refractivity contribution < 1.29 is 19.1 Å². The molecule has 1 aromatic carbocycles. The highest BCUT2D eigenvalue weighted by molar-refractivity contribution is 5.89. The minimum atomic E-state index is -0.587. The van der Waals surface area contributed by atoms with Gasteiger partial charge in [-0.05, 0) is 32.9 Å². The predicted molar refractivity (Wildman–Crippen MR) is 90.4 cm³/mol. The summed E-state index contributed by atoms with van der Waals surface area (Å²) in [5.74, 6) is 2.15. The molecular weight excluding hydrogens is 306 g/mol. The van der Waals surface area contributed by atoms with Crippen LogP contribution in [0.2, 0.25) is 0 Å². The Labute approximate surface area is 142 Å². The molecule has 0 bridgehead atoms. The molecule has 1 aliphatic rings. The van der Waals surface area contributed by atoms with Crippen molar-refractivity contribution in [3.8, 4) is 12.3 Å². The van der Waals surface area contributed by atoms with Gasteiger partial charge < -0.3 is 14.4 Å². The molecule has 24 heavy (non-hydrogen) atoms. The minimum absolute atomic E-state index is 0.311. The fourth-order valence-electron chi connectivity index (χ4n) is 2.65. The highest BCUT2D eigenvalue weighted by atomic mass is 16.6. The average Bonchev–Trinajstić information content (AvgIpc) is 2.90. The predicted octanol–water partition coefficient (Wildman–Crippen LogP) is 3.24. The number of rotatable bonds is 3. The summed E-state index contributed by atoms with van der Waals surface area (Å²) in [6, 6.07) is 8.40. The SMILES string of the molecule is C#CC[C@@H]1[C@H](OC(=O)c2ccccc2)CCN1C(=O)OC(C)(C)C. The second-order valence-corrected chi connectivity index (χ2v) is 6.75. The van der Waals surface area contributed by atoms with E-state index in [4.69, 9.17) is 15.9 Å². The Bertz CT molecular complexity index is 627. The topological polar surface area (TPSA) is 55.8 Å². The molecule has 5 heteroatoms. The maximum absolute atomic E-state index is 12.3. The number of carbonyl (C=O) groups is 2. The summed E-state index contributed by atoms with van der Waals surface area (Å²) in [7, 11) is 0. The van der Waals surface area contributed by atoms with Gasteiger partial charge in [-0.1, -0.05) is 18.2 Å². The molecule has 0 unspecified atom stereocenters. The minimum Gasteiger partial charge on any atom is -0.456 e. The first-order valence-corrected chi connectivity index (χ1v) is 8.01. The van der Waals surface area contributed by atoms with Gasteiger partial charge in [-0.3, -0.25) is 0 Å². The second-order valence-electron chi connectivity index (χ2n) is 6.75. The lowest BCUT2D eigenvalue weighted by Crippen LogP contribution is -2.43.